The van der Waals surface area contributed by atoms with Crippen molar-refractivity contribution in [1.29, 1.82) is 0 Å². The second-order valence-corrected chi connectivity index (χ2v) is 4.72. The number of hydrogen-bond donors (Lipinski definition) is 1. The van der Waals surface area contributed by atoms with Gasteiger partial charge in [0.05, 0.1) is 20.3 Å². The van der Waals surface area contributed by atoms with Gasteiger partial charge >= 0.3 is 0 Å². The smallest absolute Gasteiger partial charge is 0.246 e. The van der Waals surface area contributed by atoms with Gasteiger partial charge in [-0.2, -0.15) is 4.98 Å². The molecule has 1 aromatic carbocycles. The first-order valence-corrected chi connectivity index (χ1v) is 6.57. The zero-order chi connectivity index (χ0) is 13.9. The first kappa shape index (κ1) is 13.1. The lowest BCUT2D eigenvalue weighted by Crippen LogP contribution is -2.34. The number of nitrogens with one attached hydrogen (secondary N) is 1. The van der Waals surface area contributed by atoms with Gasteiger partial charge < -0.3 is 19.3 Å². The normalized spacial score (nSPS) is 19.0. The molecule has 1 atom stereocenters. The molecule has 0 saturated carbocycles. The topological polar surface area (TPSA) is 69.4 Å². The van der Waals surface area contributed by atoms with Crippen LogP contribution in [0.25, 0.3) is 11.4 Å². The van der Waals surface area contributed by atoms with Gasteiger partial charge in [0.1, 0.15) is 11.8 Å². The fourth-order valence-electron chi connectivity index (χ4n) is 2.24. The molecule has 0 radical (unpaired) electrons. The van der Waals surface area contributed by atoms with Crippen molar-refractivity contribution in [3.05, 3.63) is 29.7 Å². The molecule has 1 unspecified atom stereocenters. The third kappa shape index (κ3) is 2.52. The van der Waals surface area contributed by atoms with E-state index in [0.717, 1.165) is 30.0 Å². The molecule has 0 aliphatic carbocycles. The van der Waals surface area contributed by atoms with E-state index in [1.165, 1.54) is 0 Å². The average Bonchev–Trinajstić information content (AvgIpc) is 2.98. The van der Waals surface area contributed by atoms with E-state index in [1.807, 2.05) is 25.1 Å². The van der Waals surface area contributed by atoms with Crippen molar-refractivity contribution in [3.63, 3.8) is 0 Å². The predicted molar refractivity (Wildman–Crippen MR) is 72.6 cm³/mol. The number of ether oxygens (including phenoxy) is 2. The minimum absolute atomic E-state index is 0.0238. The van der Waals surface area contributed by atoms with Crippen LogP contribution in [0, 0.1) is 6.92 Å². The fourth-order valence-corrected chi connectivity index (χ4v) is 2.24. The second-order valence-electron chi connectivity index (χ2n) is 4.72. The van der Waals surface area contributed by atoms with Gasteiger partial charge in [-0.1, -0.05) is 5.16 Å². The van der Waals surface area contributed by atoms with Crippen LogP contribution in [-0.2, 0) is 4.74 Å². The number of rotatable bonds is 3. The van der Waals surface area contributed by atoms with E-state index in [-0.39, 0.29) is 6.04 Å². The molecule has 0 bridgehead atoms. The van der Waals surface area contributed by atoms with Crippen molar-refractivity contribution >= 4 is 0 Å². The van der Waals surface area contributed by atoms with Gasteiger partial charge in [-0.3, -0.25) is 0 Å². The van der Waals surface area contributed by atoms with Crippen molar-refractivity contribution in [2.24, 2.45) is 0 Å². The van der Waals surface area contributed by atoms with Crippen LogP contribution in [0.2, 0.25) is 0 Å². The maximum Gasteiger partial charge on any atom is 0.246 e. The first-order valence-electron chi connectivity index (χ1n) is 6.57. The van der Waals surface area contributed by atoms with E-state index in [4.69, 9.17) is 14.0 Å². The Morgan fingerprint density at radius 1 is 1.40 bits per heavy atom. The Labute approximate surface area is 117 Å². The number of nitrogens with zero attached hydrogens (tertiary/aromatic N) is 2. The summed E-state index contributed by atoms with van der Waals surface area (Å²) in [5, 5.41) is 7.32. The molecule has 1 N–H and O–H groups in total. The van der Waals surface area contributed by atoms with Crippen LogP contribution in [0.3, 0.4) is 0 Å². The molecule has 2 aromatic rings. The zero-order valence-electron chi connectivity index (χ0n) is 11.5. The molecule has 3 rings (SSSR count). The van der Waals surface area contributed by atoms with Crippen LogP contribution in [0.5, 0.6) is 5.75 Å². The van der Waals surface area contributed by atoms with E-state index in [1.54, 1.807) is 7.11 Å². The largest absolute Gasteiger partial charge is 0.496 e. The molecule has 6 heteroatoms. The predicted octanol–water partition coefficient (Wildman–Crippen LogP) is 1.71. The molecule has 0 spiro atoms. The SMILES string of the molecule is COc1ccc(-c2noc(C3COCCN3)n2)cc1C. The Hall–Kier alpha value is -1.92. The van der Waals surface area contributed by atoms with Crippen molar-refractivity contribution in [2.45, 2.75) is 13.0 Å². The number of methoxy groups -OCH3 is 1. The van der Waals surface area contributed by atoms with Gasteiger partial charge in [-0.15, -0.1) is 0 Å². The van der Waals surface area contributed by atoms with Gasteiger partial charge in [0.25, 0.3) is 0 Å². The summed E-state index contributed by atoms with van der Waals surface area (Å²) in [5.41, 5.74) is 1.95. The number of hydrogen-bond acceptors (Lipinski definition) is 6. The van der Waals surface area contributed by atoms with Crippen molar-refractivity contribution < 1.29 is 14.0 Å². The summed E-state index contributed by atoms with van der Waals surface area (Å²) in [6, 6.07) is 5.79. The van der Waals surface area contributed by atoms with Crippen LogP contribution in [-0.4, -0.2) is 37.0 Å². The average molecular weight is 275 g/mol. The molecular weight excluding hydrogens is 258 g/mol. The molecule has 1 saturated heterocycles. The van der Waals surface area contributed by atoms with Crippen LogP contribution in [0.15, 0.2) is 22.7 Å². The van der Waals surface area contributed by atoms with E-state index in [0.29, 0.717) is 18.3 Å². The molecule has 1 aromatic heterocycles. The summed E-state index contributed by atoms with van der Waals surface area (Å²) in [7, 11) is 1.66. The van der Waals surface area contributed by atoms with Crippen LogP contribution >= 0.6 is 0 Å². The van der Waals surface area contributed by atoms with E-state index >= 15 is 0 Å². The summed E-state index contributed by atoms with van der Waals surface area (Å²) in [6.07, 6.45) is 0. The molecule has 1 aliphatic rings. The fraction of sp³-hybridized carbons (Fsp3) is 0.429. The highest BCUT2D eigenvalue weighted by atomic mass is 16.5. The number of aromatic nitrogens is 2. The third-order valence-corrected chi connectivity index (χ3v) is 3.31. The van der Waals surface area contributed by atoms with Crippen LogP contribution in [0.4, 0.5) is 0 Å². The van der Waals surface area contributed by atoms with Crippen molar-refractivity contribution in [2.75, 3.05) is 26.9 Å². The lowest BCUT2D eigenvalue weighted by molar-refractivity contribution is 0.0659. The van der Waals surface area contributed by atoms with Gasteiger partial charge in [0.2, 0.25) is 11.7 Å². The molecule has 20 heavy (non-hydrogen) atoms. The standard InChI is InChI=1S/C14H17N3O3/c1-9-7-10(3-4-12(9)18-2)13-16-14(20-17-13)11-8-19-6-5-15-11/h3-4,7,11,15H,5-6,8H2,1-2H3. The summed E-state index contributed by atoms with van der Waals surface area (Å²) >= 11 is 0. The highest BCUT2D eigenvalue weighted by Gasteiger charge is 2.22. The lowest BCUT2D eigenvalue weighted by Gasteiger charge is -2.20. The first-order chi connectivity index (χ1) is 9.78. The molecule has 6 nitrogen and oxygen atoms in total. The molecule has 1 aliphatic heterocycles. The van der Waals surface area contributed by atoms with Gasteiger partial charge in [0.15, 0.2) is 0 Å². The van der Waals surface area contributed by atoms with Crippen molar-refractivity contribution in [1.82, 2.24) is 15.5 Å². The number of benzene rings is 1. The van der Waals surface area contributed by atoms with E-state index in [9.17, 15) is 0 Å². The Morgan fingerprint density at radius 2 is 2.30 bits per heavy atom. The summed E-state index contributed by atoms with van der Waals surface area (Å²) in [6.45, 7) is 4.06. The summed E-state index contributed by atoms with van der Waals surface area (Å²) in [5.74, 6) is 1.99. The Balaban J connectivity index is 1.84. The van der Waals surface area contributed by atoms with E-state index < -0.39 is 0 Å². The van der Waals surface area contributed by atoms with Crippen LogP contribution in [0.1, 0.15) is 17.5 Å². The molecular formula is C14H17N3O3. The maximum absolute atomic E-state index is 5.39. The van der Waals surface area contributed by atoms with Crippen LogP contribution < -0.4 is 10.1 Å². The van der Waals surface area contributed by atoms with Gasteiger partial charge in [0, 0.05) is 12.1 Å². The highest BCUT2D eigenvalue weighted by molar-refractivity contribution is 5.58. The summed E-state index contributed by atoms with van der Waals surface area (Å²) in [4.78, 5) is 4.44. The third-order valence-electron chi connectivity index (χ3n) is 3.31. The molecule has 0 amide bonds. The van der Waals surface area contributed by atoms with E-state index in [2.05, 4.69) is 15.5 Å². The number of aryl methyl sites for hydroxylation is 1. The Kier molecular flexibility index (Phi) is 3.66. The highest BCUT2D eigenvalue weighted by Crippen LogP contribution is 2.25. The summed E-state index contributed by atoms with van der Waals surface area (Å²) < 4.78 is 16.0. The minimum atomic E-state index is -0.0238. The Morgan fingerprint density at radius 3 is 3.00 bits per heavy atom. The molecule has 106 valence electrons. The number of morpholine rings is 1. The lowest BCUT2D eigenvalue weighted by atomic mass is 10.1. The van der Waals surface area contributed by atoms with Crippen molar-refractivity contribution in [3.8, 4) is 17.1 Å². The quantitative estimate of drug-likeness (QED) is 0.919. The van der Waals surface area contributed by atoms with Gasteiger partial charge in [-0.25, -0.2) is 0 Å². The van der Waals surface area contributed by atoms with Gasteiger partial charge in [-0.05, 0) is 30.7 Å². The second kappa shape index (κ2) is 5.60. The minimum Gasteiger partial charge on any atom is -0.496 e. The molecule has 2 heterocycles. The zero-order valence-corrected chi connectivity index (χ0v) is 11.5. The maximum atomic E-state index is 5.39. The monoisotopic (exact) mass is 275 g/mol. The molecule has 1 fully saturated rings. The Bertz CT molecular complexity index is 591.